The van der Waals surface area contributed by atoms with Crippen LogP contribution in [0.1, 0.15) is 25.8 Å². The third kappa shape index (κ3) is 7.07. The van der Waals surface area contributed by atoms with Crippen LogP contribution in [-0.2, 0) is 11.3 Å². The first kappa shape index (κ1) is 24.3. The maximum atomic E-state index is 13.3. The lowest BCUT2D eigenvalue weighted by Crippen LogP contribution is -2.52. The Hall–Kier alpha value is -2.37. The number of halogens is 2. The van der Waals surface area contributed by atoms with Gasteiger partial charge in [0.2, 0.25) is 0 Å². The van der Waals surface area contributed by atoms with E-state index in [0.29, 0.717) is 35.5 Å². The Morgan fingerprint density at radius 2 is 1.88 bits per heavy atom. The number of nitrogens with zero attached hydrogens (tertiary/aromatic N) is 2. The maximum Gasteiger partial charge on any atom is 0.161 e. The van der Waals surface area contributed by atoms with Crippen LogP contribution in [0, 0.1) is 11.7 Å². The van der Waals surface area contributed by atoms with Crippen LogP contribution in [0.3, 0.4) is 0 Å². The van der Waals surface area contributed by atoms with Crippen molar-refractivity contribution < 1.29 is 13.9 Å². The van der Waals surface area contributed by atoms with Crippen molar-refractivity contribution in [2.75, 3.05) is 32.9 Å². The summed E-state index contributed by atoms with van der Waals surface area (Å²) in [7, 11) is 0. The average molecular weight is 460 g/mol. The molecule has 1 aliphatic rings. The Kier molecular flexibility index (Phi) is 9.12. The number of carbonyl (C=O) groups excluding carboxylic acids is 1. The van der Waals surface area contributed by atoms with Gasteiger partial charge in [0.1, 0.15) is 23.2 Å². The van der Waals surface area contributed by atoms with Crippen molar-refractivity contribution in [3.8, 4) is 5.75 Å². The summed E-state index contributed by atoms with van der Waals surface area (Å²) in [5.41, 5.74) is 1.61. The van der Waals surface area contributed by atoms with Gasteiger partial charge in [0, 0.05) is 24.7 Å². The molecule has 0 bridgehead atoms. The van der Waals surface area contributed by atoms with E-state index >= 15 is 0 Å². The lowest BCUT2D eigenvalue weighted by molar-refractivity contribution is 0.0642. The summed E-state index contributed by atoms with van der Waals surface area (Å²) in [4.78, 5) is 16.3. The highest BCUT2D eigenvalue weighted by molar-refractivity contribution is 6.30. The molecule has 0 amide bonds. The molecule has 7 heteroatoms. The van der Waals surface area contributed by atoms with Crippen LogP contribution in [-0.4, -0.2) is 54.7 Å². The number of piperazine rings is 1. The van der Waals surface area contributed by atoms with Crippen molar-refractivity contribution >= 4 is 17.5 Å². The number of rotatable bonds is 10. The number of hydrogen-bond acceptors (Lipinski definition) is 5. The molecule has 1 fully saturated rings. The van der Waals surface area contributed by atoms with Crippen LogP contribution in [0.4, 0.5) is 4.39 Å². The molecule has 2 aromatic rings. The molecule has 1 heterocycles. The largest absolute Gasteiger partial charge is 0.473 e. The predicted octanol–water partition coefficient (Wildman–Crippen LogP) is 4.35. The average Bonchev–Trinajstić information content (AvgIpc) is 2.78. The van der Waals surface area contributed by atoms with Crippen LogP contribution in [0.2, 0.25) is 5.02 Å². The van der Waals surface area contributed by atoms with Crippen molar-refractivity contribution in [3.05, 3.63) is 70.6 Å². The zero-order valence-electron chi connectivity index (χ0n) is 18.7. The van der Waals surface area contributed by atoms with E-state index in [9.17, 15) is 9.18 Å². The second-order valence-electron chi connectivity index (χ2n) is 8.48. The number of nitrogens with one attached hydrogen (secondary N) is 1. The highest BCUT2D eigenvalue weighted by Gasteiger charge is 2.32. The van der Waals surface area contributed by atoms with Gasteiger partial charge in [0.25, 0.3) is 0 Å². The van der Waals surface area contributed by atoms with E-state index in [1.807, 2.05) is 17.0 Å². The van der Waals surface area contributed by atoms with Gasteiger partial charge < -0.3 is 15.0 Å². The second-order valence-corrected chi connectivity index (χ2v) is 8.91. The fourth-order valence-corrected chi connectivity index (χ4v) is 3.95. The topological polar surface area (TPSA) is 44.8 Å². The Morgan fingerprint density at radius 1 is 1.16 bits per heavy atom. The standard InChI is InChI=1S/C25H31ClFN3O2/c1-19(2)15-28-12-11-24-25(17-31)30(18-32-23-9-5-21(26)6-10-23)14-13-29(24)16-20-3-7-22(27)8-4-20/h3-10,19,24,28H,11-16,18H2,1-2H3. The molecule has 172 valence electrons. The summed E-state index contributed by atoms with van der Waals surface area (Å²) in [6, 6.07) is 13.6. The van der Waals surface area contributed by atoms with Gasteiger partial charge in [-0.3, -0.25) is 4.90 Å². The molecule has 1 unspecified atom stereocenters. The van der Waals surface area contributed by atoms with Crippen LogP contribution >= 0.6 is 11.6 Å². The minimum atomic E-state index is -0.249. The Bertz CT molecular complexity index is 898. The van der Waals surface area contributed by atoms with E-state index in [1.54, 1.807) is 24.3 Å². The fraction of sp³-hybridized carbons (Fsp3) is 0.440. The number of benzene rings is 2. The van der Waals surface area contributed by atoms with Crippen molar-refractivity contribution in [3.63, 3.8) is 0 Å². The lowest BCUT2D eigenvalue weighted by Gasteiger charge is -2.42. The molecule has 32 heavy (non-hydrogen) atoms. The molecular formula is C25H31ClFN3O2. The van der Waals surface area contributed by atoms with Gasteiger partial charge in [-0.15, -0.1) is 0 Å². The van der Waals surface area contributed by atoms with Crippen molar-refractivity contribution in [1.29, 1.82) is 0 Å². The Balaban J connectivity index is 1.69. The summed E-state index contributed by atoms with van der Waals surface area (Å²) in [6.45, 7) is 8.38. The zero-order chi connectivity index (χ0) is 22.9. The first-order valence-corrected chi connectivity index (χ1v) is 11.4. The normalized spacial score (nSPS) is 17.0. The predicted molar refractivity (Wildman–Crippen MR) is 126 cm³/mol. The maximum absolute atomic E-state index is 13.3. The van der Waals surface area contributed by atoms with Gasteiger partial charge in [0.05, 0.1) is 6.04 Å². The highest BCUT2D eigenvalue weighted by atomic mass is 35.5. The minimum absolute atomic E-state index is 0.0974. The number of ether oxygens (including phenoxy) is 1. The molecule has 0 saturated carbocycles. The molecule has 3 rings (SSSR count). The van der Waals surface area contributed by atoms with Crippen LogP contribution < -0.4 is 10.1 Å². The zero-order valence-corrected chi connectivity index (χ0v) is 19.4. The van der Waals surface area contributed by atoms with Gasteiger partial charge in [0.15, 0.2) is 6.73 Å². The number of hydrogen-bond donors (Lipinski definition) is 1. The highest BCUT2D eigenvalue weighted by Crippen LogP contribution is 2.25. The first-order valence-electron chi connectivity index (χ1n) is 11.0. The van der Waals surface area contributed by atoms with Gasteiger partial charge >= 0.3 is 0 Å². The molecule has 0 radical (unpaired) electrons. The molecular weight excluding hydrogens is 429 g/mol. The Labute approximate surface area is 194 Å². The van der Waals surface area contributed by atoms with Crippen molar-refractivity contribution in [1.82, 2.24) is 15.1 Å². The molecule has 1 atom stereocenters. The summed E-state index contributed by atoms with van der Waals surface area (Å²) in [6.07, 6.45) is 0.774. The molecule has 1 aliphatic heterocycles. The van der Waals surface area contributed by atoms with E-state index in [0.717, 1.165) is 31.6 Å². The molecule has 1 N–H and O–H groups in total. The van der Waals surface area contributed by atoms with Crippen LogP contribution in [0.15, 0.2) is 54.2 Å². The third-order valence-electron chi connectivity index (χ3n) is 5.51. The SMILES string of the molecule is CC(C)CNCCC1C(=C=O)N(COc2ccc(Cl)cc2)CCN1Cc1ccc(F)cc1. The van der Waals surface area contributed by atoms with Crippen LogP contribution in [0.25, 0.3) is 0 Å². The van der Waals surface area contributed by atoms with E-state index < -0.39 is 0 Å². The summed E-state index contributed by atoms with van der Waals surface area (Å²) < 4.78 is 19.2. The second kappa shape index (κ2) is 12.0. The molecule has 0 aliphatic carbocycles. The Morgan fingerprint density at radius 3 is 2.53 bits per heavy atom. The fourth-order valence-electron chi connectivity index (χ4n) is 3.82. The molecule has 1 saturated heterocycles. The summed E-state index contributed by atoms with van der Waals surface area (Å²) in [5, 5.41) is 4.11. The summed E-state index contributed by atoms with van der Waals surface area (Å²) in [5.74, 6) is 3.19. The van der Waals surface area contributed by atoms with Gasteiger partial charge in [-0.1, -0.05) is 37.6 Å². The molecule has 0 aromatic heterocycles. The van der Waals surface area contributed by atoms with E-state index in [4.69, 9.17) is 16.3 Å². The van der Waals surface area contributed by atoms with Crippen LogP contribution in [0.5, 0.6) is 5.75 Å². The van der Waals surface area contributed by atoms with Crippen molar-refractivity contribution in [2.24, 2.45) is 5.92 Å². The van der Waals surface area contributed by atoms with Gasteiger partial charge in [-0.05, 0) is 67.4 Å². The summed E-state index contributed by atoms with van der Waals surface area (Å²) >= 11 is 5.94. The molecule has 2 aromatic carbocycles. The van der Waals surface area contributed by atoms with E-state index in [-0.39, 0.29) is 18.6 Å². The van der Waals surface area contributed by atoms with Crippen molar-refractivity contribution in [2.45, 2.75) is 32.9 Å². The first-order chi connectivity index (χ1) is 15.5. The minimum Gasteiger partial charge on any atom is -0.473 e. The third-order valence-corrected chi connectivity index (χ3v) is 5.76. The van der Waals surface area contributed by atoms with E-state index in [2.05, 4.69) is 30.0 Å². The quantitative estimate of drug-likeness (QED) is 0.422. The van der Waals surface area contributed by atoms with Gasteiger partial charge in [-0.25, -0.2) is 9.18 Å². The van der Waals surface area contributed by atoms with E-state index in [1.165, 1.54) is 12.1 Å². The smallest absolute Gasteiger partial charge is 0.161 e. The monoisotopic (exact) mass is 459 g/mol. The molecule has 0 spiro atoms. The van der Waals surface area contributed by atoms with Gasteiger partial charge in [-0.2, -0.15) is 0 Å². The molecule has 5 nitrogen and oxygen atoms in total. The lowest BCUT2D eigenvalue weighted by atomic mass is 10.0.